The van der Waals surface area contributed by atoms with E-state index in [9.17, 15) is 9.18 Å². The second-order valence-electron chi connectivity index (χ2n) is 4.66. The number of aromatic nitrogens is 4. The van der Waals surface area contributed by atoms with Gasteiger partial charge in [-0.15, -0.1) is 10.2 Å². The van der Waals surface area contributed by atoms with E-state index >= 15 is 0 Å². The van der Waals surface area contributed by atoms with Gasteiger partial charge in [-0.2, -0.15) is 4.68 Å². The SMILES string of the molecule is Cc1nnc(SCc2ncc(-c3ccc(F)cc3)o2)n(N)c1=O. The van der Waals surface area contributed by atoms with Gasteiger partial charge in [0.05, 0.1) is 11.9 Å². The molecular weight excluding hydrogens is 321 g/mol. The van der Waals surface area contributed by atoms with E-state index in [1.54, 1.807) is 18.3 Å². The number of halogens is 1. The lowest BCUT2D eigenvalue weighted by Crippen LogP contribution is -2.32. The molecule has 0 saturated carbocycles. The Hall–Kier alpha value is -2.68. The number of rotatable bonds is 4. The van der Waals surface area contributed by atoms with Crippen LogP contribution in [0.15, 0.2) is 44.8 Å². The van der Waals surface area contributed by atoms with Crippen LogP contribution in [0.4, 0.5) is 4.39 Å². The van der Waals surface area contributed by atoms with Gasteiger partial charge in [0.1, 0.15) is 11.5 Å². The molecule has 9 heteroatoms. The number of oxazole rings is 1. The quantitative estimate of drug-likeness (QED) is 0.573. The molecule has 7 nitrogen and oxygen atoms in total. The number of aryl methyl sites for hydroxylation is 1. The molecule has 3 rings (SSSR count). The fourth-order valence-corrected chi connectivity index (χ4v) is 2.53. The van der Waals surface area contributed by atoms with Crippen molar-refractivity contribution in [3.8, 4) is 11.3 Å². The van der Waals surface area contributed by atoms with Crippen molar-refractivity contribution in [1.82, 2.24) is 19.9 Å². The molecule has 0 saturated heterocycles. The Morgan fingerprint density at radius 1 is 1.30 bits per heavy atom. The average molecular weight is 333 g/mol. The van der Waals surface area contributed by atoms with Gasteiger partial charge in [0.25, 0.3) is 5.56 Å². The summed E-state index contributed by atoms with van der Waals surface area (Å²) in [6.45, 7) is 1.54. The van der Waals surface area contributed by atoms with Gasteiger partial charge >= 0.3 is 0 Å². The van der Waals surface area contributed by atoms with E-state index in [0.29, 0.717) is 17.4 Å². The molecule has 23 heavy (non-hydrogen) atoms. The van der Waals surface area contributed by atoms with Gasteiger partial charge in [0.2, 0.25) is 11.0 Å². The van der Waals surface area contributed by atoms with Gasteiger partial charge in [-0.3, -0.25) is 4.79 Å². The van der Waals surface area contributed by atoms with Crippen LogP contribution in [0.5, 0.6) is 0 Å². The third-order valence-corrected chi connectivity index (χ3v) is 3.95. The van der Waals surface area contributed by atoms with Crippen LogP contribution in [0.2, 0.25) is 0 Å². The molecule has 0 radical (unpaired) electrons. The van der Waals surface area contributed by atoms with Crippen molar-refractivity contribution in [3.63, 3.8) is 0 Å². The summed E-state index contributed by atoms with van der Waals surface area (Å²) in [5.74, 6) is 6.63. The molecule has 3 aromatic rings. The molecule has 118 valence electrons. The molecule has 0 spiro atoms. The van der Waals surface area contributed by atoms with Crippen molar-refractivity contribution >= 4 is 11.8 Å². The molecule has 0 atom stereocenters. The molecule has 2 aromatic heterocycles. The zero-order valence-corrected chi connectivity index (χ0v) is 12.9. The summed E-state index contributed by atoms with van der Waals surface area (Å²) in [5.41, 5.74) is 0.550. The molecule has 0 bridgehead atoms. The maximum absolute atomic E-state index is 12.9. The second kappa shape index (κ2) is 6.21. The van der Waals surface area contributed by atoms with E-state index in [-0.39, 0.29) is 16.7 Å². The largest absolute Gasteiger partial charge is 0.440 e. The summed E-state index contributed by atoms with van der Waals surface area (Å²) < 4.78 is 19.4. The van der Waals surface area contributed by atoms with Gasteiger partial charge in [-0.1, -0.05) is 11.8 Å². The van der Waals surface area contributed by atoms with E-state index in [1.807, 2.05) is 0 Å². The van der Waals surface area contributed by atoms with Crippen LogP contribution in [0.25, 0.3) is 11.3 Å². The lowest BCUT2D eigenvalue weighted by molar-refractivity contribution is 0.529. The van der Waals surface area contributed by atoms with Gasteiger partial charge in [-0.05, 0) is 31.2 Å². The summed E-state index contributed by atoms with van der Waals surface area (Å²) >= 11 is 1.18. The maximum Gasteiger partial charge on any atom is 0.294 e. The molecule has 0 aliphatic heterocycles. The van der Waals surface area contributed by atoms with E-state index in [1.165, 1.54) is 30.8 Å². The molecule has 2 N–H and O–H groups in total. The molecule has 0 fully saturated rings. The second-order valence-corrected chi connectivity index (χ2v) is 5.60. The first-order valence-electron chi connectivity index (χ1n) is 6.59. The minimum Gasteiger partial charge on any atom is -0.440 e. The lowest BCUT2D eigenvalue weighted by Gasteiger charge is -2.04. The zero-order chi connectivity index (χ0) is 16.4. The fourth-order valence-electron chi connectivity index (χ4n) is 1.82. The first-order valence-corrected chi connectivity index (χ1v) is 7.58. The highest BCUT2D eigenvalue weighted by Gasteiger charge is 2.11. The zero-order valence-electron chi connectivity index (χ0n) is 12.1. The fraction of sp³-hybridized carbons (Fsp3) is 0.143. The summed E-state index contributed by atoms with van der Waals surface area (Å²) in [6.07, 6.45) is 1.56. The average Bonchev–Trinajstić information content (AvgIpc) is 3.02. The highest BCUT2D eigenvalue weighted by Crippen LogP contribution is 2.24. The minimum atomic E-state index is -0.401. The number of hydrogen-bond donors (Lipinski definition) is 1. The topological polar surface area (TPSA) is 99.8 Å². The van der Waals surface area contributed by atoms with Crippen molar-refractivity contribution < 1.29 is 8.81 Å². The Morgan fingerprint density at radius 3 is 2.78 bits per heavy atom. The van der Waals surface area contributed by atoms with Crippen molar-refractivity contribution in [3.05, 3.63) is 58.2 Å². The first kappa shape index (κ1) is 15.2. The first-order chi connectivity index (χ1) is 11.0. The highest BCUT2D eigenvalue weighted by molar-refractivity contribution is 7.98. The van der Waals surface area contributed by atoms with Gasteiger partial charge in [-0.25, -0.2) is 9.37 Å². The van der Waals surface area contributed by atoms with Crippen LogP contribution >= 0.6 is 11.8 Å². The third-order valence-electron chi connectivity index (χ3n) is 3.03. The van der Waals surface area contributed by atoms with Crippen molar-refractivity contribution in [2.75, 3.05) is 5.84 Å². The Kier molecular flexibility index (Phi) is 4.11. The van der Waals surface area contributed by atoms with Gasteiger partial charge in [0, 0.05) is 5.56 Å². The Labute approximate surface area is 134 Å². The molecule has 0 aliphatic rings. The minimum absolute atomic E-state index is 0.228. The van der Waals surface area contributed by atoms with Crippen molar-refractivity contribution in [1.29, 1.82) is 0 Å². The van der Waals surface area contributed by atoms with Crippen LogP contribution in [0.1, 0.15) is 11.6 Å². The third kappa shape index (κ3) is 3.24. The van der Waals surface area contributed by atoms with E-state index in [2.05, 4.69) is 15.2 Å². The summed E-state index contributed by atoms with van der Waals surface area (Å²) in [6, 6.07) is 5.91. The molecule has 0 unspecified atom stereocenters. The van der Waals surface area contributed by atoms with Crippen molar-refractivity contribution in [2.24, 2.45) is 0 Å². The van der Waals surface area contributed by atoms with Crippen LogP contribution < -0.4 is 11.4 Å². The molecule has 0 aliphatic carbocycles. The number of nitrogens with zero attached hydrogens (tertiary/aromatic N) is 4. The predicted octanol–water partition coefficient (Wildman–Crippen LogP) is 1.75. The Morgan fingerprint density at radius 2 is 2.04 bits per heavy atom. The van der Waals surface area contributed by atoms with E-state index < -0.39 is 5.56 Å². The summed E-state index contributed by atoms with van der Waals surface area (Å²) in [4.78, 5) is 15.8. The number of thioether (sulfide) groups is 1. The number of hydrogen-bond acceptors (Lipinski definition) is 7. The molecule has 1 aromatic carbocycles. The molecular formula is C14H12FN5O2S. The highest BCUT2D eigenvalue weighted by atomic mass is 32.2. The van der Waals surface area contributed by atoms with Crippen LogP contribution in [-0.4, -0.2) is 19.9 Å². The number of nitrogen functional groups attached to an aromatic ring is 1. The molecule has 2 heterocycles. The van der Waals surface area contributed by atoms with Crippen LogP contribution in [0, 0.1) is 12.7 Å². The predicted molar refractivity (Wildman–Crippen MR) is 82.6 cm³/mol. The smallest absolute Gasteiger partial charge is 0.294 e. The van der Waals surface area contributed by atoms with E-state index in [4.69, 9.17) is 10.3 Å². The normalized spacial score (nSPS) is 10.9. The standard InChI is InChI=1S/C14H12FN5O2S/c1-8-13(21)20(16)14(19-18-8)23-7-12-17-6-11(22-12)9-2-4-10(15)5-3-9/h2-6H,7,16H2,1H3. The number of nitrogens with two attached hydrogens (primary N) is 1. The van der Waals surface area contributed by atoms with Gasteiger partial charge < -0.3 is 10.3 Å². The Bertz CT molecular complexity index is 891. The summed E-state index contributed by atoms with van der Waals surface area (Å²) in [5, 5.41) is 7.88. The van der Waals surface area contributed by atoms with E-state index in [0.717, 1.165) is 10.2 Å². The summed E-state index contributed by atoms with van der Waals surface area (Å²) in [7, 11) is 0. The van der Waals surface area contributed by atoms with Crippen LogP contribution in [0.3, 0.4) is 0 Å². The molecule has 0 amide bonds. The Balaban J connectivity index is 1.74. The maximum atomic E-state index is 12.9. The lowest BCUT2D eigenvalue weighted by atomic mass is 10.2. The van der Waals surface area contributed by atoms with Crippen molar-refractivity contribution in [2.45, 2.75) is 17.8 Å². The van der Waals surface area contributed by atoms with Crippen LogP contribution in [-0.2, 0) is 5.75 Å². The monoisotopic (exact) mass is 333 g/mol. The van der Waals surface area contributed by atoms with Gasteiger partial charge in [0.15, 0.2) is 5.76 Å². The number of benzene rings is 1.